The van der Waals surface area contributed by atoms with Gasteiger partial charge in [-0.2, -0.15) is 10.5 Å². The van der Waals surface area contributed by atoms with Gasteiger partial charge in [-0.25, -0.2) is 0 Å². The first-order chi connectivity index (χ1) is 10.6. The Bertz CT molecular complexity index is 655. The van der Waals surface area contributed by atoms with Crippen molar-refractivity contribution in [3.63, 3.8) is 0 Å². The molecule has 1 unspecified atom stereocenters. The van der Waals surface area contributed by atoms with Gasteiger partial charge in [-0.05, 0) is 18.6 Å². The first-order valence-corrected chi connectivity index (χ1v) is 6.97. The number of rotatable bonds is 4. The van der Waals surface area contributed by atoms with E-state index in [4.69, 9.17) is 10.5 Å². The summed E-state index contributed by atoms with van der Waals surface area (Å²) in [5.41, 5.74) is 1.77. The van der Waals surface area contributed by atoms with E-state index < -0.39 is 5.92 Å². The Kier molecular flexibility index (Phi) is 4.75. The zero-order chi connectivity index (χ0) is 16.1. The molecule has 0 bridgehead atoms. The third kappa shape index (κ3) is 3.07. The number of carbonyl (C=O) groups is 2. The average Bonchev–Trinajstić information content (AvgIpc) is 2.88. The van der Waals surface area contributed by atoms with Crippen LogP contribution in [0.2, 0.25) is 0 Å². The summed E-state index contributed by atoms with van der Waals surface area (Å²) in [5.74, 6) is -0.928. The van der Waals surface area contributed by atoms with Gasteiger partial charge >= 0.3 is 0 Å². The Balaban J connectivity index is 2.15. The summed E-state index contributed by atoms with van der Waals surface area (Å²) >= 11 is 0. The van der Waals surface area contributed by atoms with Gasteiger partial charge in [0.2, 0.25) is 11.8 Å². The highest BCUT2D eigenvalue weighted by atomic mass is 16.2. The Labute approximate surface area is 129 Å². The minimum atomic E-state index is -0.506. The summed E-state index contributed by atoms with van der Waals surface area (Å²) in [5, 5.41) is 17.5. The lowest BCUT2D eigenvalue weighted by Gasteiger charge is -2.21. The van der Waals surface area contributed by atoms with Crippen LogP contribution in [0.25, 0.3) is 0 Å². The van der Waals surface area contributed by atoms with E-state index in [2.05, 4.69) is 0 Å². The highest BCUT2D eigenvalue weighted by molar-refractivity contribution is 6.00. The lowest BCUT2D eigenvalue weighted by Crippen LogP contribution is -2.38. The first-order valence-electron chi connectivity index (χ1n) is 6.97. The summed E-state index contributed by atoms with van der Waals surface area (Å²) < 4.78 is 0. The molecule has 6 heteroatoms. The molecule has 0 saturated carbocycles. The van der Waals surface area contributed by atoms with Gasteiger partial charge < -0.3 is 9.80 Å². The number of hydrogen-bond donors (Lipinski definition) is 0. The fourth-order valence-electron chi connectivity index (χ4n) is 2.61. The molecule has 1 atom stereocenters. The van der Waals surface area contributed by atoms with E-state index in [0.29, 0.717) is 0 Å². The molecule has 0 N–H and O–H groups in total. The van der Waals surface area contributed by atoms with Crippen molar-refractivity contribution in [2.24, 2.45) is 5.92 Å². The normalized spacial score (nSPS) is 17.0. The van der Waals surface area contributed by atoms with Gasteiger partial charge in [0.1, 0.15) is 13.1 Å². The fourth-order valence-corrected chi connectivity index (χ4v) is 2.61. The van der Waals surface area contributed by atoms with Crippen LogP contribution in [0.1, 0.15) is 12.0 Å². The molecule has 1 aromatic carbocycles. The van der Waals surface area contributed by atoms with Crippen molar-refractivity contribution in [3.8, 4) is 12.1 Å². The Morgan fingerprint density at radius 2 is 1.95 bits per heavy atom. The highest BCUT2D eigenvalue weighted by Gasteiger charge is 2.37. The quantitative estimate of drug-likeness (QED) is 0.782. The van der Waals surface area contributed by atoms with Gasteiger partial charge in [0.25, 0.3) is 0 Å². The Morgan fingerprint density at radius 3 is 2.55 bits per heavy atom. The number of para-hydroxylation sites is 1. The molecule has 1 aliphatic heterocycles. The monoisotopic (exact) mass is 296 g/mol. The molecule has 112 valence electrons. The largest absolute Gasteiger partial charge is 0.316 e. The molecule has 6 nitrogen and oxygen atoms in total. The smallest absolute Gasteiger partial charge is 0.229 e. The van der Waals surface area contributed by atoms with Crippen molar-refractivity contribution in [2.45, 2.75) is 13.3 Å². The zero-order valence-electron chi connectivity index (χ0n) is 12.3. The van der Waals surface area contributed by atoms with Crippen LogP contribution in [0.15, 0.2) is 24.3 Å². The lowest BCUT2D eigenvalue weighted by molar-refractivity contribution is -0.134. The van der Waals surface area contributed by atoms with Crippen LogP contribution in [-0.2, 0) is 9.59 Å². The number of benzene rings is 1. The van der Waals surface area contributed by atoms with E-state index in [0.717, 1.165) is 11.3 Å². The molecule has 22 heavy (non-hydrogen) atoms. The molecule has 0 radical (unpaired) electrons. The van der Waals surface area contributed by atoms with E-state index in [1.54, 1.807) is 4.90 Å². The molecule has 1 heterocycles. The number of amides is 2. The summed E-state index contributed by atoms with van der Waals surface area (Å²) in [7, 11) is 0. The van der Waals surface area contributed by atoms with E-state index in [1.807, 2.05) is 43.3 Å². The van der Waals surface area contributed by atoms with Crippen molar-refractivity contribution >= 4 is 17.5 Å². The van der Waals surface area contributed by atoms with Crippen LogP contribution in [0.4, 0.5) is 5.69 Å². The van der Waals surface area contributed by atoms with Gasteiger partial charge in [-0.3, -0.25) is 9.59 Å². The van der Waals surface area contributed by atoms with Crippen LogP contribution < -0.4 is 4.90 Å². The van der Waals surface area contributed by atoms with Crippen molar-refractivity contribution in [2.75, 3.05) is 24.5 Å². The second kappa shape index (κ2) is 6.73. The van der Waals surface area contributed by atoms with Crippen molar-refractivity contribution in [1.29, 1.82) is 10.5 Å². The second-order valence-corrected chi connectivity index (χ2v) is 5.20. The molecule has 1 saturated heterocycles. The standard InChI is InChI=1S/C16H16N4O2/c1-12-4-2-3-5-14(12)20-11-13(10-15(20)21)16(22)19(8-6-17)9-7-18/h2-5,13H,8-11H2,1H3. The van der Waals surface area contributed by atoms with Gasteiger partial charge in [0.05, 0.1) is 18.1 Å². The molecule has 2 amide bonds. The van der Waals surface area contributed by atoms with Crippen molar-refractivity contribution in [1.82, 2.24) is 4.90 Å². The maximum absolute atomic E-state index is 12.4. The third-order valence-corrected chi connectivity index (χ3v) is 3.72. The number of anilines is 1. The number of aryl methyl sites for hydroxylation is 1. The molecule has 2 rings (SSSR count). The summed E-state index contributed by atoms with van der Waals surface area (Å²) in [6.07, 6.45) is 0.112. The molecule has 1 aliphatic rings. The lowest BCUT2D eigenvalue weighted by atomic mass is 10.1. The van der Waals surface area contributed by atoms with Gasteiger partial charge in [0, 0.05) is 18.7 Å². The third-order valence-electron chi connectivity index (χ3n) is 3.72. The van der Waals surface area contributed by atoms with E-state index in [1.165, 1.54) is 4.90 Å². The van der Waals surface area contributed by atoms with Crippen LogP contribution in [0, 0.1) is 35.5 Å². The SMILES string of the molecule is Cc1ccccc1N1CC(C(=O)N(CC#N)CC#N)CC1=O. The first kappa shape index (κ1) is 15.5. The molecule has 0 spiro atoms. The van der Waals surface area contributed by atoms with Gasteiger partial charge in [-0.1, -0.05) is 18.2 Å². The van der Waals surface area contributed by atoms with Crippen LogP contribution in [0.5, 0.6) is 0 Å². The van der Waals surface area contributed by atoms with Crippen molar-refractivity contribution in [3.05, 3.63) is 29.8 Å². The minimum Gasteiger partial charge on any atom is -0.316 e. The maximum atomic E-state index is 12.4. The molecule has 1 fully saturated rings. The molecular weight excluding hydrogens is 280 g/mol. The zero-order valence-corrected chi connectivity index (χ0v) is 12.3. The Hall–Kier alpha value is -2.86. The molecular formula is C16H16N4O2. The van der Waals surface area contributed by atoms with E-state index in [-0.39, 0.29) is 37.9 Å². The predicted octanol–water partition coefficient (Wildman–Crippen LogP) is 1.22. The average molecular weight is 296 g/mol. The number of carbonyl (C=O) groups excluding carboxylic acids is 2. The fraction of sp³-hybridized carbons (Fsp3) is 0.375. The minimum absolute atomic E-state index is 0.110. The van der Waals surface area contributed by atoms with E-state index >= 15 is 0 Å². The molecule has 1 aromatic rings. The van der Waals surface area contributed by atoms with Gasteiger partial charge in [0.15, 0.2) is 0 Å². The van der Waals surface area contributed by atoms with Crippen LogP contribution >= 0.6 is 0 Å². The summed E-state index contributed by atoms with van der Waals surface area (Å²) in [6.45, 7) is 1.92. The second-order valence-electron chi connectivity index (χ2n) is 5.20. The predicted molar refractivity (Wildman–Crippen MR) is 79.4 cm³/mol. The Morgan fingerprint density at radius 1 is 1.32 bits per heavy atom. The number of nitrogens with zero attached hydrogens (tertiary/aromatic N) is 4. The van der Waals surface area contributed by atoms with E-state index in [9.17, 15) is 9.59 Å². The number of hydrogen-bond acceptors (Lipinski definition) is 4. The van der Waals surface area contributed by atoms with Crippen LogP contribution in [0.3, 0.4) is 0 Å². The highest BCUT2D eigenvalue weighted by Crippen LogP contribution is 2.28. The summed E-state index contributed by atoms with van der Waals surface area (Å²) in [6, 6.07) is 11.3. The van der Waals surface area contributed by atoms with Crippen molar-refractivity contribution < 1.29 is 9.59 Å². The van der Waals surface area contributed by atoms with Crippen LogP contribution in [-0.4, -0.2) is 36.3 Å². The summed E-state index contributed by atoms with van der Waals surface area (Å²) in [4.78, 5) is 27.4. The molecule has 0 aliphatic carbocycles. The maximum Gasteiger partial charge on any atom is 0.229 e. The van der Waals surface area contributed by atoms with Gasteiger partial charge in [-0.15, -0.1) is 0 Å². The topological polar surface area (TPSA) is 88.2 Å². The molecule has 0 aromatic heterocycles. The number of nitriles is 2.